The summed E-state index contributed by atoms with van der Waals surface area (Å²) in [5.41, 5.74) is 0. The summed E-state index contributed by atoms with van der Waals surface area (Å²) in [6, 6.07) is 7.66. The summed E-state index contributed by atoms with van der Waals surface area (Å²) in [5.74, 6) is 3.34. The van der Waals surface area contributed by atoms with Crippen molar-refractivity contribution in [3.8, 4) is 11.5 Å². The lowest BCUT2D eigenvalue weighted by Crippen LogP contribution is -2.48. The van der Waals surface area contributed by atoms with Crippen LogP contribution < -0.4 is 14.8 Å². The number of para-hydroxylation sites is 2. The first-order valence-corrected chi connectivity index (χ1v) is 9.65. The molecule has 3 atom stereocenters. The number of hydrogen-bond acceptors (Lipinski definition) is 4. The predicted molar refractivity (Wildman–Crippen MR) is 95.9 cm³/mol. The maximum Gasteiger partial charge on any atom is 0.234 e. The highest BCUT2D eigenvalue weighted by atomic mass is 16.6. The van der Waals surface area contributed by atoms with Crippen LogP contribution in [0.15, 0.2) is 24.3 Å². The lowest BCUT2D eigenvalue weighted by Gasteiger charge is -2.41. The number of nitrogens with one attached hydrogen (secondary N) is 1. The number of piperidine rings is 1. The zero-order valence-electron chi connectivity index (χ0n) is 14.8. The Morgan fingerprint density at radius 3 is 2.80 bits per heavy atom. The summed E-state index contributed by atoms with van der Waals surface area (Å²) >= 11 is 0. The molecule has 2 aliphatic heterocycles. The van der Waals surface area contributed by atoms with Crippen LogP contribution >= 0.6 is 0 Å². The van der Waals surface area contributed by atoms with Gasteiger partial charge < -0.3 is 14.8 Å². The SMILES string of the molecule is O=C(CN1CC[C@@H]2CCCC[C@@H]2C1)NC[C@@H]1COc2ccccc2O1. The average Bonchev–Trinajstić information content (AvgIpc) is 2.66. The maximum atomic E-state index is 12.3. The number of likely N-dealkylation sites (tertiary alicyclic amines) is 1. The molecule has 0 bridgehead atoms. The van der Waals surface area contributed by atoms with Gasteiger partial charge in [-0.25, -0.2) is 0 Å². The van der Waals surface area contributed by atoms with Crippen molar-refractivity contribution in [1.82, 2.24) is 10.2 Å². The Labute approximate surface area is 149 Å². The van der Waals surface area contributed by atoms with E-state index in [4.69, 9.17) is 9.47 Å². The summed E-state index contributed by atoms with van der Waals surface area (Å²) < 4.78 is 11.6. The summed E-state index contributed by atoms with van der Waals surface area (Å²) in [6.45, 7) is 3.63. The van der Waals surface area contributed by atoms with Crippen LogP contribution in [0, 0.1) is 11.8 Å². The minimum atomic E-state index is -0.122. The van der Waals surface area contributed by atoms with E-state index in [2.05, 4.69) is 10.2 Å². The smallest absolute Gasteiger partial charge is 0.234 e. The summed E-state index contributed by atoms with van der Waals surface area (Å²) in [7, 11) is 0. The largest absolute Gasteiger partial charge is 0.486 e. The quantitative estimate of drug-likeness (QED) is 0.912. The fourth-order valence-electron chi connectivity index (χ4n) is 4.47. The summed E-state index contributed by atoms with van der Waals surface area (Å²) in [4.78, 5) is 14.6. The van der Waals surface area contributed by atoms with Crippen molar-refractivity contribution in [2.45, 2.75) is 38.2 Å². The van der Waals surface area contributed by atoms with Crippen molar-refractivity contribution in [3.63, 3.8) is 0 Å². The molecular weight excluding hydrogens is 316 g/mol. The molecule has 3 aliphatic rings. The molecule has 1 aliphatic carbocycles. The van der Waals surface area contributed by atoms with Crippen LogP contribution in [0.2, 0.25) is 0 Å². The third kappa shape index (κ3) is 4.09. The molecule has 5 nitrogen and oxygen atoms in total. The lowest BCUT2D eigenvalue weighted by molar-refractivity contribution is -0.123. The Morgan fingerprint density at radius 1 is 1.12 bits per heavy atom. The molecule has 0 aromatic heterocycles. The number of ether oxygens (including phenoxy) is 2. The second-order valence-electron chi connectivity index (χ2n) is 7.63. The summed E-state index contributed by atoms with van der Waals surface area (Å²) in [5, 5.41) is 3.02. The molecule has 2 fully saturated rings. The fourth-order valence-corrected chi connectivity index (χ4v) is 4.47. The Bertz CT molecular complexity index is 606. The molecule has 1 saturated carbocycles. The van der Waals surface area contributed by atoms with E-state index in [1.807, 2.05) is 24.3 Å². The van der Waals surface area contributed by atoms with Gasteiger partial charge in [-0.05, 0) is 43.4 Å². The van der Waals surface area contributed by atoms with Gasteiger partial charge in [0.05, 0.1) is 13.1 Å². The van der Waals surface area contributed by atoms with Gasteiger partial charge in [0.25, 0.3) is 0 Å². The highest BCUT2D eigenvalue weighted by Crippen LogP contribution is 2.36. The molecule has 1 amide bonds. The van der Waals surface area contributed by atoms with E-state index in [1.165, 1.54) is 32.1 Å². The van der Waals surface area contributed by atoms with Crippen LogP contribution in [-0.4, -0.2) is 49.7 Å². The number of benzene rings is 1. The summed E-state index contributed by atoms with van der Waals surface area (Å²) in [6.07, 6.45) is 6.63. The monoisotopic (exact) mass is 344 g/mol. The first-order chi connectivity index (χ1) is 12.3. The van der Waals surface area contributed by atoms with E-state index in [1.54, 1.807) is 0 Å². The van der Waals surface area contributed by atoms with Gasteiger partial charge in [0, 0.05) is 6.54 Å². The Hall–Kier alpha value is -1.75. The topological polar surface area (TPSA) is 50.8 Å². The lowest BCUT2D eigenvalue weighted by atomic mass is 9.75. The van der Waals surface area contributed by atoms with Crippen LogP contribution in [0.3, 0.4) is 0 Å². The number of amides is 1. The van der Waals surface area contributed by atoms with E-state index in [-0.39, 0.29) is 12.0 Å². The van der Waals surface area contributed by atoms with Crippen LogP contribution in [-0.2, 0) is 4.79 Å². The van der Waals surface area contributed by atoms with Gasteiger partial charge in [-0.15, -0.1) is 0 Å². The van der Waals surface area contributed by atoms with Crippen LogP contribution in [0.25, 0.3) is 0 Å². The molecule has 0 unspecified atom stereocenters. The van der Waals surface area contributed by atoms with Gasteiger partial charge in [0.2, 0.25) is 5.91 Å². The first kappa shape index (κ1) is 16.7. The predicted octanol–water partition coefficient (Wildman–Crippen LogP) is 2.45. The third-order valence-corrected chi connectivity index (χ3v) is 5.84. The van der Waals surface area contributed by atoms with Gasteiger partial charge in [-0.2, -0.15) is 0 Å². The van der Waals surface area contributed by atoms with E-state index in [0.29, 0.717) is 19.7 Å². The molecule has 1 saturated heterocycles. The molecule has 136 valence electrons. The van der Waals surface area contributed by atoms with Crippen molar-refractivity contribution in [2.75, 3.05) is 32.8 Å². The van der Waals surface area contributed by atoms with Gasteiger partial charge in [0.1, 0.15) is 12.7 Å². The van der Waals surface area contributed by atoms with Crippen LogP contribution in [0.1, 0.15) is 32.1 Å². The van der Waals surface area contributed by atoms with Crippen molar-refractivity contribution >= 4 is 5.91 Å². The standard InChI is InChI=1S/C20H28N2O3/c23-20(13-22-10-9-15-5-1-2-6-16(15)12-22)21-11-17-14-24-18-7-3-4-8-19(18)25-17/h3-4,7-8,15-17H,1-2,5-6,9-14H2,(H,21,23)/t15-,16+,17+/m0/s1. The molecule has 4 rings (SSSR count). The van der Waals surface area contributed by atoms with Crippen LogP contribution in [0.4, 0.5) is 0 Å². The minimum Gasteiger partial charge on any atom is -0.486 e. The number of rotatable bonds is 4. The van der Waals surface area contributed by atoms with Crippen molar-refractivity contribution in [1.29, 1.82) is 0 Å². The van der Waals surface area contributed by atoms with Gasteiger partial charge in [-0.3, -0.25) is 9.69 Å². The normalized spacial score (nSPS) is 28.9. The number of fused-ring (bicyclic) bond motifs is 2. The molecule has 0 radical (unpaired) electrons. The molecule has 0 spiro atoms. The Morgan fingerprint density at radius 2 is 1.92 bits per heavy atom. The molecule has 1 aromatic carbocycles. The van der Waals surface area contributed by atoms with Gasteiger partial charge in [-0.1, -0.05) is 31.4 Å². The second-order valence-corrected chi connectivity index (χ2v) is 7.63. The van der Waals surface area contributed by atoms with Crippen molar-refractivity contribution in [3.05, 3.63) is 24.3 Å². The highest BCUT2D eigenvalue weighted by molar-refractivity contribution is 5.78. The first-order valence-electron chi connectivity index (χ1n) is 9.65. The average molecular weight is 344 g/mol. The number of hydrogen-bond donors (Lipinski definition) is 1. The molecule has 5 heteroatoms. The zero-order chi connectivity index (χ0) is 17.1. The van der Waals surface area contributed by atoms with Crippen molar-refractivity contribution < 1.29 is 14.3 Å². The third-order valence-electron chi connectivity index (χ3n) is 5.84. The van der Waals surface area contributed by atoms with E-state index in [0.717, 1.165) is 36.4 Å². The van der Waals surface area contributed by atoms with Gasteiger partial charge in [0.15, 0.2) is 11.5 Å². The van der Waals surface area contributed by atoms with Gasteiger partial charge >= 0.3 is 0 Å². The number of nitrogens with zero attached hydrogens (tertiary/aromatic N) is 1. The Kier molecular flexibility index (Phi) is 5.11. The molecule has 25 heavy (non-hydrogen) atoms. The number of carbonyl (C=O) groups is 1. The van der Waals surface area contributed by atoms with E-state index >= 15 is 0 Å². The number of carbonyl (C=O) groups excluding carboxylic acids is 1. The highest BCUT2D eigenvalue weighted by Gasteiger charge is 2.31. The Balaban J connectivity index is 1.21. The minimum absolute atomic E-state index is 0.0942. The molecular formula is C20H28N2O3. The molecule has 1 aromatic rings. The van der Waals surface area contributed by atoms with Crippen molar-refractivity contribution in [2.24, 2.45) is 11.8 Å². The van der Waals surface area contributed by atoms with E-state index < -0.39 is 0 Å². The fraction of sp³-hybridized carbons (Fsp3) is 0.650. The zero-order valence-corrected chi connectivity index (χ0v) is 14.8. The second kappa shape index (κ2) is 7.65. The van der Waals surface area contributed by atoms with Crippen LogP contribution in [0.5, 0.6) is 11.5 Å². The molecule has 1 N–H and O–H groups in total. The van der Waals surface area contributed by atoms with E-state index in [9.17, 15) is 4.79 Å². The molecule has 2 heterocycles. The maximum absolute atomic E-state index is 12.3.